The lowest BCUT2D eigenvalue weighted by Crippen LogP contribution is -2.42. The van der Waals surface area contributed by atoms with Crippen LogP contribution in [0.5, 0.6) is 0 Å². The van der Waals surface area contributed by atoms with Gasteiger partial charge >= 0.3 is 0 Å². The zero-order valence-corrected chi connectivity index (χ0v) is 14.9. The molecule has 24 heavy (non-hydrogen) atoms. The molecule has 1 fully saturated rings. The van der Waals surface area contributed by atoms with Crippen LogP contribution in [0, 0.1) is 11.8 Å². The molecule has 0 atom stereocenters. The molecule has 2 rings (SSSR count). The normalized spacial score (nSPS) is 15.7. The number of piperidine rings is 1. The van der Waals surface area contributed by atoms with Gasteiger partial charge in [-0.15, -0.1) is 0 Å². The third-order valence-corrected chi connectivity index (χ3v) is 4.88. The molecule has 1 saturated heterocycles. The Labute approximate surface area is 144 Å². The van der Waals surface area contributed by atoms with Crippen LogP contribution in [0.3, 0.4) is 0 Å². The van der Waals surface area contributed by atoms with Crippen LogP contribution in [0.1, 0.15) is 62.7 Å². The number of rotatable bonds is 8. The highest BCUT2D eigenvalue weighted by atomic mass is 16.3. The highest BCUT2D eigenvalue weighted by molar-refractivity contribution is 5.93. The van der Waals surface area contributed by atoms with Gasteiger partial charge in [-0.1, -0.05) is 26.7 Å². The first-order chi connectivity index (χ1) is 11.7. The average Bonchev–Trinajstić information content (AvgIpc) is 3.14. The summed E-state index contributed by atoms with van der Waals surface area (Å²) in [5.74, 6) is 0.863. The number of carbonyl (C=O) groups excluding carboxylic acids is 2. The Morgan fingerprint density at radius 3 is 2.46 bits per heavy atom. The molecule has 0 saturated carbocycles. The molecule has 1 aliphatic rings. The van der Waals surface area contributed by atoms with Crippen LogP contribution >= 0.6 is 0 Å². The Morgan fingerprint density at radius 1 is 1.25 bits per heavy atom. The molecule has 0 bridgehead atoms. The molecular formula is C19H30N2O3. The molecule has 0 spiro atoms. The molecule has 0 unspecified atom stereocenters. The van der Waals surface area contributed by atoms with Crippen molar-refractivity contribution in [1.82, 2.24) is 10.2 Å². The van der Waals surface area contributed by atoms with Crippen molar-refractivity contribution in [3.05, 3.63) is 24.2 Å². The van der Waals surface area contributed by atoms with Crippen LogP contribution in [0.4, 0.5) is 0 Å². The number of hydrogen-bond donors (Lipinski definition) is 1. The topological polar surface area (TPSA) is 62.6 Å². The third-order valence-electron chi connectivity index (χ3n) is 4.88. The van der Waals surface area contributed by atoms with Crippen LogP contribution in [0.15, 0.2) is 23.0 Å². The first-order valence-electron chi connectivity index (χ1n) is 9.24. The van der Waals surface area contributed by atoms with Crippen molar-refractivity contribution >= 4 is 11.8 Å². The fraction of sp³-hybridized carbons (Fsp3) is 0.684. The first-order valence-corrected chi connectivity index (χ1v) is 9.24. The number of nitrogens with one attached hydrogen (secondary N) is 1. The maximum Gasteiger partial charge on any atom is 0.257 e. The highest BCUT2D eigenvalue weighted by Crippen LogP contribution is 2.19. The Bertz CT molecular complexity index is 499. The van der Waals surface area contributed by atoms with Gasteiger partial charge in [-0.2, -0.15) is 0 Å². The van der Waals surface area contributed by atoms with E-state index in [1.807, 2.05) is 4.90 Å². The Morgan fingerprint density at radius 2 is 1.92 bits per heavy atom. The van der Waals surface area contributed by atoms with Gasteiger partial charge in [-0.25, -0.2) is 0 Å². The van der Waals surface area contributed by atoms with Crippen molar-refractivity contribution < 1.29 is 14.0 Å². The van der Waals surface area contributed by atoms with Crippen LogP contribution in [-0.4, -0.2) is 36.3 Å². The molecule has 1 aromatic heterocycles. The van der Waals surface area contributed by atoms with Gasteiger partial charge in [0.05, 0.1) is 11.8 Å². The second-order valence-electron chi connectivity index (χ2n) is 6.77. The van der Waals surface area contributed by atoms with Crippen LogP contribution in [-0.2, 0) is 4.79 Å². The summed E-state index contributed by atoms with van der Waals surface area (Å²) in [5.41, 5.74) is 0.615. The zero-order chi connectivity index (χ0) is 17.4. The summed E-state index contributed by atoms with van der Waals surface area (Å²) >= 11 is 0. The van der Waals surface area contributed by atoms with E-state index in [-0.39, 0.29) is 17.7 Å². The minimum atomic E-state index is 0.0391. The van der Waals surface area contributed by atoms with E-state index in [9.17, 15) is 9.59 Å². The Kier molecular flexibility index (Phi) is 7.35. The molecule has 5 heteroatoms. The molecule has 5 nitrogen and oxygen atoms in total. The lowest BCUT2D eigenvalue weighted by atomic mass is 9.94. The van der Waals surface area contributed by atoms with Crippen LogP contribution < -0.4 is 5.32 Å². The number of likely N-dealkylation sites (tertiary alicyclic amines) is 1. The SMILES string of the molecule is CCCC(CCC)C(=O)NCC1CCN(C(=O)c2ccoc2)CC1. The van der Waals surface area contributed by atoms with Crippen molar-refractivity contribution in [2.45, 2.75) is 52.4 Å². The van der Waals surface area contributed by atoms with Gasteiger partial charge in [-0.05, 0) is 37.7 Å². The van der Waals surface area contributed by atoms with Crippen molar-refractivity contribution in [1.29, 1.82) is 0 Å². The Balaban J connectivity index is 1.72. The summed E-state index contributed by atoms with van der Waals surface area (Å²) in [6.45, 7) is 6.48. The van der Waals surface area contributed by atoms with Crippen LogP contribution in [0.25, 0.3) is 0 Å². The molecule has 2 heterocycles. The fourth-order valence-corrected chi connectivity index (χ4v) is 3.40. The smallest absolute Gasteiger partial charge is 0.257 e. The maximum atomic E-state index is 12.3. The van der Waals surface area contributed by atoms with E-state index in [1.54, 1.807) is 6.07 Å². The molecule has 0 aromatic carbocycles. The van der Waals surface area contributed by atoms with Crippen molar-refractivity contribution in [3.8, 4) is 0 Å². The molecule has 134 valence electrons. The van der Waals surface area contributed by atoms with E-state index < -0.39 is 0 Å². The quantitative estimate of drug-likeness (QED) is 0.792. The Hall–Kier alpha value is -1.78. The predicted molar refractivity (Wildman–Crippen MR) is 93.7 cm³/mol. The molecular weight excluding hydrogens is 304 g/mol. The average molecular weight is 334 g/mol. The first kappa shape index (κ1) is 18.6. The molecule has 2 amide bonds. The van der Waals surface area contributed by atoms with Gasteiger partial charge in [0.15, 0.2) is 0 Å². The highest BCUT2D eigenvalue weighted by Gasteiger charge is 2.25. The summed E-state index contributed by atoms with van der Waals surface area (Å²) < 4.78 is 4.98. The van der Waals surface area contributed by atoms with Gasteiger partial charge in [0.25, 0.3) is 5.91 Å². The summed E-state index contributed by atoms with van der Waals surface area (Å²) in [7, 11) is 0. The summed E-state index contributed by atoms with van der Waals surface area (Å²) in [6.07, 6.45) is 8.94. The van der Waals surface area contributed by atoms with Gasteiger partial charge in [0.1, 0.15) is 6.26 Å². The molecule has 1 N–H and O–H groups in total. The van der Waals surface area contributed by atoms with Gasteiger partial charge in [0, 0.05) is 25.6 Å². The number of nitrogens with zero attached hydrogens (tertiary/aromatic N) is 1. The van der Waals surface area contributed by atoms with E-state index in [4.69, 9.17) is 4.42 Å². The fourth-order valence-electron chi connectivity index (χ4n) is 3.40. The zero-order valence-electron chi connectivity index (χ0n) is 14.9. The van der Waals surface area contributed by atoms with E-state index in [1.165, 1.54) is 12.5 Å². The van der Waals surface area contributed by atoms with Gasteiger partial charge in [0.2, 0.25) is 5.91 Å². The summed E-state index contributed by atoms with van der Waals surface area (Å²) in [4.78, 5) is 26.4. The van der Waals surface area contributed by atoms with Crippen LogP contribution in [0.2, 0.25) is 0 Å². The predicted octanol–water partition coefficient (Wildman–Crippen LogP) is 3.46. The number of carbonyl (C=O) groups is 2. The number of amides is 2. The second-order valence-corrected chi connectivity index (χ2v) is 6.77. The van der Waals surface area contributed by atoms with E-state index in [0.29, 0.717) is 11.5 Å². The van der Waals surface area contributed by atoms with Crippen molar-refractivity contribution in [2.75, 3.05) is 19.6 Å². The van der Waals surface area contributed by atoms with Gasteiger partial charge < -0.3 is 14.6 Å². The van der Waals surface area contributed by atoms with E-state index in [2.05, 4.69) is 19.2 Å². The van der Waals surface area contributed by atoms with Crippen molar-refractivity contribution in [2.24, 2.45) is 11.8 Å². The largest absolute Gasteiger partial charge is 0.472 e. The van der Waals surface area contributed by atoms with E-state index >= 15 is 0 Å². The lowest BCUT2D eigenvalue weighted by Gasteiger charge is -2.32. The summed E-state index contributed by atoms with van der Waals surface area (Å²) in [5, 5.41) is 3.14. The standard InChI is InChI=1S/C19H30N2O3/c1-3-5-16(6-4-2)18(22)20-13-15-7-10-21(11-8-15)19(23)17-9-12-24-14-17/h9,12,14-16H,3-8,10-11,13H2,1-2H3,(H,20,22). The monoisotopic (exact) mass is 334 g/mol. The minimum Gasteiger partial charge on any atom is -0.472 e. The molecule has 1 aliphatic heterocycles. The molecule has 0 radical (unpaired) electrons. The number of hydrogen-bond acceptors (Lipinski definition) is 3. The molecule has 1 aromatic rings. The number of furan rings is 1. The minimum absolute atomic E-state index is 0.0391. The third kappa shape index (κ3) is 5.11. The van der Waals surface area contributed by atoms with Gasteiger partial charge in [-0.3, -0.25) is 9.59 Å². The molecule has 0 aliphatic carbocycles. The lowest BCUT2D eigenvalue weighted by molar-refractivity contribution is -0.125. The maximum absolute atomic E-state index is 12.3. The van der Waals surface area contributed by atoms with Crippen molar-refractivity contribution in [3.63, 3.8) is 0 Å². The summed E-state index contributed by atoms with van der Waals surface area (Å²) in [6, 6.07) is 1.70. The van der Waals surface area contributed by atoms with E-state index in [0.717, 1.165) is 58.2 Å². The second kappa shape index (κ2) is 9.50.